The van der Waals surface area contributed by atoms with E-state index in [0.717, 1.165) is 17.3 Å². The number of phenols is 1. The van der Waals surface area contributed by atoms with Gasteiger partial charge in [-0.2, -0.15) is 0 Å². The second kappa shape index (κ2) is 5.38. The summed E-state index contributed by atoms with van der Waals surface area (Å²) in [5.74, 6) is 0.308. The van der Waals surface area contributed by atoms with E-state index in [-0.39, 0.29) is 0 Å². The number of nitrogens with zero attached hydrogens (tertiary/aromatic N) is 1. The summed E-state index contributed by atoms with van der Waals surface area (Å²) in [7, 11) is 0. The van der Waals surface area contributed by atoms with Crippen molar-refractivity contribution < 1.29 is 5.11 Å². The monoisotopic (exact) mass is 323 g/mol. The van der Waals surface area contributed by atoms with Crippen LogP contribution in [0.25, 0.3) is 32.6 Å². The predicted molar refractivity (Wildman–Crippen MR) is 104 cm³/mol. The fourth-order valence-corrected chi connectivity index (χ4v) is 3.74. The SMILES string of the molecule is Oc1ccc2cc(Cn3c4ccccc4c4ccccc43)ccc2c1. The number of hydrogen-bond acceptors (Lipinski definition) is 1. The Labute approximate surface area is 145 Å². The van der Waals surface area contributed by atoms with E-state index in [0.29, 0.717) is 5.75 Å². The maximum atomic E-state index is 9.64. The van der Waals surface area contributed by atoms with Crippen LogP contribution in [0.3, 0.4) is 0 Å². The lowest BCUT2D eigenvalue weighted by molar-refractivity contribution is 0.476. The lowest BCUT2D eigenvalue weighted by Crippen LogP contribution is -1.99. The highest BCUT2D eigenvalue weighted by atomic mass is 16.3. The molecule has 0 saturated heterocycles. The van der Waals surface area contributed by atoms with E-state index in [9.17, 15) is 5.11 Å². The summed E-state index contributed by atoms with van der Waals surface area (Å²) in [5, 5.41) is 14.4. The average molecular weight is 323 g/mol. The van der Waals surface area contributed by atoms with Crippen molar-refractivity contribution in [3.63, 3.8) is 0 Å². The molecular formula is C23H17NO. The third kappa shape index (κ3) is 2.26. The number of para-hydroxylation sites is 2. The number of aromatic hydroxyl groups is 1. The Morgan fingerprint density at radius 2 is 1.24 bits per heavy atom. The molecule has 5 rings (SSSR count). The zero-order valence-electron chi connectivity index (χ0n) is 13.7. The van der Waals surface area contributed by atoms with Crippen LogP contribution in [0.2, 0.25) is 0 Å². The van der Waals surface area contributed by atoms with Gasteiger partial charge in [0.2, 0.25) is 0 Å². The van der Waals surface area contributed by atoms with Gasteiger partial charge in [-0.05, 0) is 46.7 Å². The molecule has 0 bridgehead atoms. The molecule has 0 amide bonds. The number of fused-ring (bicyclic) bond motifs is 4. The fourth-order valence-electron chi connectivity index (χ4n) is 3.74. The summed E-state index contributed by atoms with van der Waals surface area (Å²) >= 11 is 0. The summed E-state index contributed by atoms with van der Waals surface area (Å²) in [5.41, 5.74) is 3.77. The summed E-state index contributed by atoms with van der Waals surface area (Å²) in [6, 6.07) is 29.1. The highest BCUT2D eigenvalue weighted by Crippen LogP contribution is 2.30. The van der Waals surface area contributed by atoms with Crippen LogP contribution >= 0.6 is 0 Å². The van der Waals surface area contributed by atoms with Crippen molar-refractivity contribution >= 4 is 32.6 Å². The highest BCUT2D eigenvalue weighted by Gasteiger charge is 2.10. The molecule has 5 aromatic rings. The Morgan fingerprint density at radius 1 is 0.640 bits per heavy atom. The molecule has 1 aromatic heterocycles. The summed E-state index contributed by atoms with van der Waals surface area (Å²) in [4.78, 5) is 0. The number of aromatic nitrogens is 1. The Morgan fingerprint density at radius 3 is 1.96 bits per heavy atom. The van der Waals surface area contributed by atoms with Gasteiger partial charge in [-0.3, -0.25) is 0 Å². The minimum Gasteiger partial charge on any atom is -0.508 e. The van der Waals surface area contributed by atoms with Crippen molar-refractivity contribution in [1.82, 2.24) is 4.57 Å². The van der Waals surface area contributed by atoms with Crippen LogP contribution in [0.5, 0.6) is 5.75 Å². The molecule has 0 radical (unpaired) electrons. The molecule has 0 atom stereocenters. The van der Waals surface area contributed by atoms with Gasteiger partial charge in [0.1, 0.15) is 5.75 Å². The summed E-state index contributed by atoms with van der Waals surface area (Å²) < 4.78 is 2.38. The molecule has 2 nitrogen and oxygen atoms in total. The maximum absolute atomic E-state index is 9.64. The van der Waals surface area contributed by atoms with Gasteiger partial charge in [-0.1, -0.05) is 54.6 Å². The molecule has 0 spiro atoms. The third-order valence-electron chi connectivity index (χ3n) is 4.91. The molecule has 0 fully saturated rings. The first kappa shape index (κ1) is 14.1. The van der Waals surface area contributed by atoms with E-state index < -0.39 is 0 Å². The van der Waals surface area contributed by atoms with Crippen LogP contribution in [0.4, 0.5) is 0 Å². The Kier molecular flexibility index (Phi) is 3.04. The summed E-state index contributed by atoms with van der Waals surface area (Å²) in [6.07, 6.45) is 0. The normalized spacial score (nSPS) is 11.5. The first-order valence-corrected chi connectivity index (χ1v) is 8.47. The van der Waals surface area contributed by atoms with Crippen LogP contribution in [0.1, 0.15) is 5.56 Å². The maximum Gasteiger partial charge on any atom is 0.116 e. The second-order valence-electron chi connectivity index (χ2n) is 6.49. The van der Waals surface area contributed by atoms with Gasteiger partial charge in [0.05, 0.1) is 0 Å². The Balaban J connectivity index is 1.69. The van der Waals surface area contributed by atoms with E-state index in [2.05, 4.69) is 71.3 Å². The first-order valence-electron chi connectivity index (χ1n) is 8.47. The van der Waals surface area contributed by atoms with Crippen LogP contribution < -0.4 is 0 Å². The quantitative estimate of drug-likeness (QED) is 0.443. The van der Waals surface area contributed by atoms with Crippen molar-refractivity contribution in [2.75, 3.05) is 0 Å². The average Bonchev–Trinajstić information content (AvgIpc) is 2.96. The van der Waals surface area contributed by atoms with Gasteiger partial charge in [0.15, 0.2) is 0 Å². The molecule has 4 aromatic carbocycles. The van der Waals surface area contributed by atoms with Gasteiger partial charge < -0.3 is 9.67 Å². The molecular weight excluding hydrogens is 306 g/mol. The zero-order valence-corrected chi connectivity index (χ0v) is 13.7. The van der Waals surface area contributed by atoms with Gasteiger partial charge in [0, 0.05) is 28.4 Å². The number of benzene rings is 4. The van der Waals surface area contributed by atoms with Crippen molar-refractivity contribution in [1.29, 1.82) is 0 Å². The molecule has 120 valence electrons. The molecule has 0 unspecified atom stereocenters. The van der Waals surface area contributed by atoms with E-state index in [1.165, 1.54) is 27.4 Å². The number of hydrogen-bond donors (Lipinski definition) is 1. The Bertz CT molecular complexity index is 1180. The minimum absolute atomic E-state index is 0.308. The van der Waals surface area contributed by atoms with Gasteiger partial charge in [-0.15, -0.1) is 0 Å². The van der Waals surface area contributed by atoms with Crippen LogP contribution in [-0.2, 0) is 6.54 Å². The highest BCUT2D eigenvalue weighted by molar-refractivity contribution is 6.08. The lowest BCUT2D eigenvalue weighted by Gasteiger charge is -2.09. The molecule has 2 heteroatoms. The summed E-state index contributed by atoms with van der Waals surface area (Å²) in [6.45, 7) is 0.824. The Hall–Kier alpha value is -3.26. The predicted octanol–water partition coefficient (Wildman–Crippen LogP) is 5.70. The number of rotatable bonds is 2. The van der Waals surface area contributed by atoms with E-state index in [4.69, 9.17) is 0 Å². The van der Waals surface area contributed by atoms with Gasteiger partial charge in [-0.25, -0.2) is 0 Å². The smallest absolute Gasteiger partial charge is 0.116 e. The lowest BCUT2D eigenvalue weighted by atomic mass is 10.1. The van der Waals surface area contributed by atoms with E-state index >= 15 is 0 Å². The van der Waals surface area contributed by atoms with Gasteiger partial charge >= 0.3 is 0 Å². The van der Waals surface area contributed by atoms with Crippen molar-refractivity contribution in [2.24, 2.45) is 0 Å². The topological polar surface area (TPSA) is 25.2 Å². The van der Waals surface area contributed by atoms with Crippen LogP contribution in [-0.4, -0.2) is 9.67 Å². The number of phenolic OH excluding ortho intramolecular Hbond substituents is 1. The van der Waals surface area contributed by atoms with Crippen LogP contribution in [0.15, 0.2) is 84.9 Å². The molecule has 0 aliphatic carbocycles. The first-order chi connectivity index (χ1) is 12.3. The molecule has 0 saturated carbocycles. The second-order valence-corrected chi connectivity index (χ2v) is 6.49. The van der Waals surface area contributed by atoms with Crippen molar-refractivity contribution in [3.8, 4) is 5.75 Å². The van der Waals surface area contributed by atoms with Crippen molar-refractivity contribution in [2.45, 2.75) is 6.54 Å². The molecule has 0 aliphatic heterocycles. The molecule has 1 N–H and O–H groups in total. The molecule has 0 aliphatic rings. The fraction of sp³-hybridized carbons (Fsp3) is 0.0435. The van der Waals surface area contributed by atoms with Gasteiger partial charge in [0.25, 0.3) is 0 Å². The van der Waals surface area contributed by atoms with Crippen LogP contribution in [0, 0.1) is 0 Å². The minimum atomic E-state index is 0.308. The van der Waals surface area contributed by atoms with E-state index in [1.807, 2.05) is 6.07 Å². The third-order valence-corrected chi connectivity index (χ3v) is 4.91. The molecule has 1 heterocycles. The largest absolute Gasteiger partial charge is 0.508 e. The van der Waals surface area contributed by atoms with Crippen molar-refractivity contribution in [3.05, 3.63) is 90.5 Å². The van der Waals surface area contributed by atoms with E-state index in [1.54, 1.807) is 12.1 Å². The standard InChI is InChI=1S/C23H17NO/c25-19-12-11-17-13-16(9-10-18(17)14-19)15-24-22-7-3-1-5-20(22)21-6-2-4-8-23(21)24/h1-14,25H,15H2. The molecule has 25 heavy (non-hydrogen) atoms. The zero-order chi connectivity index (χ0) is 16.8.